The van der Waals surface area contributed by atoms with Crippen molar-refractivity contribution >= 4 is 11.4 Å². The Labute approximate surface area is 95.0 Å². The van der Waals surface area contributed by atoms with E-state index in [1.807, 2.05) is 0 Å². The molecule has 1 aromatic carbocycles. The van der Waals surface area contributed by atoms with Gasteiger partial charge in [0.2, 0.25) is 0 Å². The number of alkyl halides is 3. The van der Waals surface area contributed by atoms with E-state index in [2.05, 4.69) is 8.37 Å². The lowest BCUT2D eigenvalue weighted by Gasteiger charge is -2.07. The van der Waals surface area contributed by atoms with E-state index in [0.29, 0.717) is 6.07 Å². The SMILES string of the molecule is O=S(OCC(F)(F)F)Oc1ccc(F)cc1F. The maximum absolute atomic E-state index is 12.9. The topological polar surface area (TPSA) is 35.5 Å². The highest BCUT2D eigenvalue weighted by atomic mass is 32.2. The molecular formula is C8H5F5O3S. The van der Waals surface area contributed by atoms with Gasteiger partial charge < -0.3 is 4.18 Å². The lowest BCUT2D eigenvalue weighted by molar-refractivity contribution is -0.152. The van der Waals surface area contributed by atoms with Gasteiger partial charge in [0.05, 0.1) is 0 Å². The molecule has 0 heterocycles. The molecule has 17 heavy (non-hydrogen) atoms. The van der Waals surface area contributed by atoms with Crippen LogP contribution in [0.2, 0.25) is 0 Å². The van der Waals surface area contributed by atoms with E-state index in [9.17, 15) is 26.2 Å². The minimum atomic E-state index is -4.68. The first-order valence-electron chi connectivity index (χ1n) is 4.03. The Kier molecular flexibility index (Phi) is 4.40. The van der Waals surface area contributed by atoms with Crippen molar-refractivity contribution in [2.45, 2.75) is 6.18 Å². The van der Waals surface area contributed by atoms with Gasteiger partial charge in [-0.25, -0.2) is 13.0 Å². The quantitative estimate of drug-likeness (QED) is 0.793. The van der Waals surface area contributed by atoms with Crippen LogP contribution in [0.5, 0.6) is 5.75 Å². The summed E-state index contributed by atoms with van der Waals surface area (Å²) in [6.45, 7) is -1.80. The van der Waals surface area contributed by atoms with Crippen LogP contribution in [0.3, 0.4) is 0 Å². The second-order valence-corrected chi connectivity index (χ2v) is 3.55. The van der Waals surface area contributed by atoms with Gasteiger partial charge >= 0.3 is 17.5 Å². The Bertz CT molecular complexity index is 420. The van der Waals surface area contributed by atoms with Crippen LogP contribution in [0.25, 0.3) is 0 Å². The van der Waals surface area contributed by atoms with Crippen molar-refractivity contribution in [2.75, 3.05) is 6.61 Å². The van der Waals surface area contributed by atoms with Crippen molar-refractivity contribution in [1.29, 1.82) is 0 Å². The zero-order valence-electron chi connectivity index (χ0n) is 7.96. The second-order valence-electron chi connectivity index (χ2n) is 2.74. The predicted molar refractivity (Wildman–Crippen MR) is 47.1 cm³/mol. The zero-order chi connectivity index (χ0) is 13.1. The normalized spacial score (nSPS) is 13.5. The fourth-order valence-electron chi connectivity index (χ4n) is 0.755. The summed E-state index contributed by atoms with van der Waals surface area (Å²) < 4.78 is 79.1. The molecule has 0 saturated carbocycles. The Hall–Kier alpha value is -1.22. The smallest absolute Gasteiger partial charge is 0.377 e. The van der Waals surface area contributed by atoms with Crippen molar-refractivity contribution in [3.8, 4) is 5.75 Å². The van der Waals surface area contributed by atoms with Gasteiger partial charge in [-0.2, -0.15) is 17.4 Å². The lowest BCUT2D eigenvalue weighted by atomic mass is 10.3. The summed E-state index contributed by atoms with van der Waals surface area (Å²) in [5.41, 5.74) is 0. The van der Waals surface area contributed by atoms with Gasteiger partial charge in [-0.15, -0.1) is 0 Å². The van der Waals surface area contributed by atoms with Gasteiger partial charge in [-0.3, -0.25) is 0 Å². The molecule has 0 radical (unpaired) electrons. The van der Waals surface area contributed by atoms with Gasteiger partial charge in [-0.05, 0) is 12.1 Å². The first-order valence-corrected chi connectivity index (χ1v) is 5.03. The van der Waals surface area contributed by atoms with Crippen LogP contribution in [0.1, 0.15) is 0 Å². The van der Waals surface area contributed by atoms with E-state index in [0.717, 1.165) is 12.1 Å². The van der Waals surface area contributed by atoms with Crippen LogP contribution < -0.4 is 4.18 Å². The summed E-state index contributed by atoms with van der Waals surface area (Å²) in [6.07, 6.45) is -4.68. The van der Waals surface area contributed by atoms with Gasteiger partial charge in [0.25, 0.3) is 0 Å². The fourth-order valence-corrected chi connectivity index (χ4v) is 1.31. The predicted octanol–water partition coefficient (Wildman–Crippen LogP) is 2.50. The highest BCUT2D eigenvalue weighted by Crippen LogP contribution is 2.20. The molecule has 0 aliphatic rings. The summed E-state index contributed by atoms with van der Waals surface area (Å²) in [5.74, 6) is -2.78. The highest BCUT2D eigenvalue weighted by Gasteiger charge is 2.29. The van der Waals surface area contributed by atoms with E-state index in [-0.39, 0.29) is 0 Å². The third-order valence-electron chi connectivity index (χ3n) is 1.37. The molecular weight excluding hydrogens is 271 g/mol. The number of hydrogen-bond donors (Lipinski definition) is 0. The first kappa shape index (κ1) is 13.8. The summed E-state index contributed by atoms with van der Waals surface area (Å²) in [4.78, 5) is 0. The first-order chi connectivity index (χ1) is 7.78. The minimum absolute atomic E-state index is 0.427. The molecule has 0 spiro atoms. The van der Waals surface area contributed by atoms with Gasteiger partial charge in [-0.1, -0.05) is 0 Å². The molecule has 1 aromatic rings. The summed E-state index contributed by atoms with van der Waals surface area (Å²) >= 11 is -2.82. The van der Waals surface area contributed by atoms with Crippen molar-refractivity contribution in [2.24, 2.45) is 0 Å². The summed E-state index contributed by atoms with van der Waals surface area (Å²) in [7, 11) is 0. The molecule has 1 rings (SSSR count). The number of halogens is 5. The van der Waals surface area contributed by atoms with E-state index >= 15 is 0 Å². The summed E-state index contributed by atoms with van der Waals surface area (Å²) in [6, 6.07) is 2.00. The van der Waals surface area contributed by atoms with Gasteiger partial charge in [0.15, 0.2) is 18.2 Å². The molecule has 0 aliphatic carbocycles. The maximum atomic E-state index is 12.9. The highest BCUT2D eigenvalue weighted by molar-refractivity contribution is 7.75. The summed E-state index contributed by atoms with van der Waals surface area (Å²) in [5, 5.41) is 0. The van der Waals surface area contributed by atoms with Crippen LogP contribution in [-0.2, 0) is 15.5 Å². The van der Waals surface area contributed by atoms with Crippen molar-refractivity contribution in [3.05, 3.63) is 29.8 Å². The zero-order valence-corrected chi connectivity index (χ0v) is 8.78. The largest absolute Gasteiger partial charge is 0.413 e. The molecule has 0 amide bonds. The number of hydrogen-bond acceptors (Lipinski definition) is 3. The number of benzene rings is 1. The standard InChI is InChI=1S/C8H5F5O3S/c9-5-1-2-7(6(10)3-5)16-17(14)15-4-8(11,12)13/h1-3H,4H2. The van der Waals surface area contributed by atoms with Crippen LogP contribution in [0.4, 0.5) is 22.0 Å². The van der Waals surface area contributed by atoms with Gasteiger partial charge in [0, 0.05) is 6.07 Å². The van der Waals surface area contributed by atoms with Crippen LogP contribution in [0, 0.1) is 11.6 Å². The molecule has 0 N–H and O–H groups in total. The molecule has 0 fully saturated rings. The minimum Gasteiger partial charge on any atom is -0.377 e. The van der Waals surface area contributed by atoms with E-state index in [1.54, 1.807) is 0 Å². The lowest BCUT2D eigenvalue weighted by Crippen LogP contribution is -2.19. The monoisotopic (exact) mass is 276 g/mol. The van der Waals surface area contributed by atoms with E-state index in [4.69, 9.17) is 0 Å². The van der Waals surface area contributed by atoms with Crippen LogP contribution in [-0.4, -0.2) is 17.0 Å². The Morgan fingerprint density at radius 3 is 2.41 bits per heavy atom. The molecule has 1 atom stereocenters. The second kappa shape index (κ2) is 5.41. The van der Waals surface area contributed by atoms with E-state index in [1.165, 1.54) is 0 Å². The molecule has 1 unspecified atom stereocenters. The molecule has 0 bridgehead atoms. The van der Waals surface area contributed by atoms with Crippen molar-refractivity contribution in [3.63, 3.8) is 0 Å². The molecule has 0 aromatic heterocycles. The third-order valence-corrected chi connectivity index (χ3v) is 2.00. The van der Waals surface area contributed by atoms with Crippen molar-refractivity contribution in [1.82, 2.24) is 0 Å². The molecule has 0 aliphatic heterocycles. The molecule has 96 valence electrons. The fraction of sp³-hybridized carbons (Fsp3) is 0.250. The Morgan fingerprint density at radius 2 is 1.88 bits per heavy atom. The Morgan fingerprint density at radius 1 is 1.24 bits per heavy atom. The van der Waals surface area contributed by atoms with Crippen LogP contribution >= 0.6 is 0 Å². The van der Waals surface area contributed by atoms with E-state index < -0.39 is 41.5 Å². The third kappa shape index (κ3) is 5.09. The van der Waals surface area contributed by atoms with Crippen molar-refractivity contribution < 1.29 is 34.5 Å². The Balaban J connectivity index is 2.57. The molecule has 9 heteroatoms. The number of rotatable bonds is 4. The maximum Gasteiger partial charge on any atom is 0.413 e. The molecule has 3 nitrogen and oxygen atoms in total. The molecule has 0 saturated heterocycles. The average Bonchev–Trinajstić information content (AvgIpc) is 2.18. The van der Waals surface area contributed by atoms with Crippen LogP contribution in [0.15, 0.2) is 18.2 Å². The average molecular weight is 276 g/mol. The van der Waals surface area contributed by atoms with Gasteiger partial charge in [0.1, 0.15) is 5.82 Å².